The van der Waals surface area contributed by atoms with Crippen LogP contribution in [0.2, 0.25) is 0 Å². The molecule has 0 heterocycles. The maximum absolute atomic E-state index is 5.72. The number of nitrogens with two attached hydrogens (primary N) is 2. The number of hydrogen-bond acceptors (Lipinski definition) is 2. The summed E-state index contributed by atoms with van der Waals surface area (Å²) in [5.74, 6) is 0. The molecule has 10 heavy (non-hydrogen) atoms. The largest absolute Gasteiger partial charge is 0.324 e. The van der Waals surface area contributed by atoms with Crippen molar-refractivity contribution in [3.05, 3.63) is 12.2 Å². The van der Waals surface area contributed by atoms with Crippen molar-refractivity contribution in [1.82, 2.24) is 0 Å². The van der Waals surface area contributed by atoms with Gasteiger partial charge < -0.3 is 11.5 Å². The average molecular weight is 140 g/mol. The molecule has 0 aromatic carbocycles. The molecule has 1 aliphatic carbocycles. The van der Waals surface area contributed by atoms with Crippen LogP contribution in [0.4, 0.5) is 0 Å². The van der Waals surface area contributed by atoms with Gasteiger partial charge in [0, 0.05) is 12.1 Å². The van der Waals surface area contributed by atoms with Gasteiger partial charge in [0.1, 0.15) is 0 Å². The fourth-order valence-corrected chi connectivity index (χ4v) is 1.24. The smallest absolute Gasteiger partial charge is 0.0224 e. The zero-order valence-electron chi connectivity index (χ0n) is 6.29. The monoisotopic (exact) mass is 140 g/mol. The maximum atomic E-state index is 5.72. The van der Waals surface area contributed by atoms with Crippen molar-refractivity contribution >= 4 is 0 Å². The Labute approximate surface area is 62.3 Å². The maximum Gasteiger partial charge on any atom is 0.0224 e. The third-order valence-electron chi connectivity index (χ3n) is 1.93. The van der Waals surface area contributed by atoms with Crippen molar-refractivity contribution < 1.29 is 0 Å². The third-order valence-corrected chi connectivity index (χ3v) is 1.93. The first-order valence-corrected chi connectivity index (χ1v) is 3.98. The minimum atomic E-state index is 0.242. The van der Waals surface area contributed by atoms with E-state index in [1.165, 1.54) is 12.8 Å². The molecule has 0 spiro atoms. The van der Waals surface area contributed by atoms with Crippen molar-refractivity contribution in [2.24, 2.45) is 11.5 Å². The van der Waals surface area contributed by atoms with Gasteiger partial charge in [-0.25, -0.2) is 0 Å². The first-order chi connectivity index (χ1) is 4.79. The summed E-state index contributed by atoms with van der Waals surface area (Å²) in [6, 6.07) is 0.484. The van der Waals surface area contributed by atoms with Crippen molar-refractivity contribution in [2.75, 3.05) is 0 Å². The normalized spacial score (nSPS) is 35.0. The van der Waals surface area contributed by atoms with E-state index in [2.05, 4.69) is 0 Å². The van der Waals surface area contributed by atoms with Crippen molar-refractivity contribution in [2.45, 2.75) is 37.8 Å². The molecule has 0 unspecified atom stereocenters. The van der Waals surface area contributed by atoms with E-state index in [-0.39, 0.29) is 12.1 Å². The lowest BCUT2D eigenvalue weighted by Crippen LogP contribution is -2.23. The fourth-order valence-electron chi connectivity index (χ4n) is 1.24. The second-order valence-electron chi connectivity index (χ2n) is 3.00. The van der Waals surface area contributed by atoms with Gasteiger partial charge >= 0.3 is 0 Å². The zero-order chi connectivity index (χ0) is 7.40. The quantitative estimate of drug-likeness (QED) is 0.488. The Kier molecular flexibility index (Phi) is 2.90. The first kappa shape index (κ1) is 7.76. The van der Waals surface area contributed by atoms with Gasteiger partial charge in [-0.1, -0.05) is 25.0 Å². The van der Waals surface area contributed by atoms with Crippen LogP contribution < -0.4 is 11.5 Å². The molecule has 4 N–H and O–H groups in total. The molecule has 0 aromatic heterocycles. The lowest BCUT2D eigenvalue weighted by atomic mass is 10.0. The summed E-state index contributed by atoms with van der Waals surface area (Å²) in [5.41, 5.74) is 11.4. The predicted molar refractivity (Wildman–Crippen MR) is 43.6 cm³/mol. The van der Waals surface area contributed by atoms with Crippen LogP contribution in [-0.2, 0) is 0 Å². The van der Waals surface area contributed by atoms with Gasteiger partial charge in [0.25, 0.3) is 0 Å². The van der Waals surface area contributed by atoms with E-state index in [1.54, 1.807) is 0 Å². The van der Waals surface area contributed by atoms with Crippen LogP contribution in [0.1, 0.15) is 25.7 Å². The molecule has 0 aromatic rings. The molecule has 0 bridgehead atoms. The van der Waals surface area contributed by atoms with Crippen molar-refractivity contribution in [3.63, 3.8) is 0 Å². The van der Waals surface area contributed by atoms with Crippen LogP contribution in [0.3, 0.4) is 0 Å². The van der Waals surface area contributed by atoms with E-state index >= 15 is 0 Å². The third kappa shape index (κ3) is 2.50. The van der Waals surface area contributed by atoms with Crippen LogP contribution in [-0.4, -0.2) is 12.1 Å². The Morgan fingerprint density at radius 1 is 0.900 bits per heavy atom. The fraction of sp³-hybridized carbons (Fsp3) is 0.750. The first-order valence-electron chi connectivity index (χ1n) is 3.98. The summed E-state index contributed by atoms with van der Waals surface area (Å²) in [5, 5.41) is 0. The molecule has 58 valence electrons. The molecule has 1 rings (SSSR count). The highest BCUT2D eigenvalue weighted by molar-refractivity contribution is 4.98. The zero-order valence-corrected chi connectivity index (χ0v) is 6.29. The van der Waals surface area contributed by atoms with Gasteiger partial charge in [0.2, 0.25) is 0 Å². The van der Waals surface area contributed by atoms with Gasteiger partial charge in [-0.05, 0) is 12.8 Å². The number of hydrogen-bond donors (Lipinski definition) is 2. The molecule has 0 saturated carbocycles. The second-order valence-corrected chi connectivity index (χ2v) is 3.00. The highest BCUT2D eigenvalue weighted by atomic mass is 14.6. The van der Waals surface area contributed by atoms with Crippen LogP contribution >= 0.6 is 0 Å². The SMILES string of the molecule is N[C@@H]1C=C[C@H](N)CCCC1. The second kappa shape index (κ2) is 3.74. The van der Waals surface area contributed by atoms with Gasteiger partial charge in [-0.15, -0.1) is 0 Å². The summed E-state index contributed by atoms with van der Waals surface area (Å²) < 4.78 is 0. The molecule has 2 atom stereocenters. The van der Waals surface area contributed by atoms with Gasteiger partial charge in [-0.2, -0.15) is 0 Å². The van der Waals surface area contributed by atoms with Crippen LogP contribution in [0.15, 0.2) is 12.2 Å². The Hall–Kier alpha value is -0.340. The Morgan fingerprint density at radius 2 is 1.30 bits per heavy atom. The minimum Gasteiger partial charge on any atom is -0.324 e. The lowest BCUT2D eigenvalue weighted by molar-refractivity contribution is 0.562. The topological polar surface area (TPSA) is 52.0 Å². The highest BCUT2D eigenvalue weighted by Crippen LogP contribution is 2.09. The standard InChI is InChI=1S/C8H16N2/c9-7-3-1-2-4-8(10)6-5-7/h5-8H,1-4,9-10H2/t7-,8+. The molecular formula is C8H16N2. The van der Waals surface area contributed by atoms with Crippen molar-refractivity contribution in [1.29, 1.82) is 0 Å². The Bertz CT molecular complexity index is 106. The van der Waals surface area contributed by atoms with Crippen LogP contribution in [0.25, 0.3) is 0 Å². The molecule has 0 radical (unpaired) electrons. The van der Waals surface area contributed by atoms with E-state index in [0.717, 1.165) is 12.8 Å². The number of rotatable bonds is 0. The summed E-state index contributed by atoms with van der Waals surface area (Å²) in [7, 11) is 0. The predicted octanol–water partition coefficient (Wildman–Crippen LogP) is 0.771. The van der Waals surface area contributed by atoms with Crippen LogP contribution in [0.5, 0.6) is 0 Å². The average Bonchev–Trinajstić information content (AvgIpc) is 1.90. The molecule has 2 nitrogen and oxygen atoms in total. The van der Waals surface area contributed by atoms with Gasteiger partial charge in [0.05, 0.1) is 0 Å². The van der Waals surface area contributed by atoms with E-state index in [9.17, 15) is 0 Å². The molecular weight excluding hydrogens is 124 g/mol. The van der Waals surface area contributed by atoms with E-state index in [0.29, 0.717) is 0 Å². The lowest BCUT2D eigenvalue weighted by Gasteiger charge is -2.13. The molecule has 0 fully saturated rings. The van der Waals surface area contributed by atoms with Gasteiger partial charge in [0.15, 0.2) is 0 Å². The molecule has 0 aliphatic heterocycles. The molecule has 0 amide bonds. The van der Waals surface area contributed by atoms with Gasteiger partial charge in [-0.3, -0.25) is 0 Å². The van der Waals surface area contributed by atoms with Crippen molar-refractivity contribution in [3.8, 4) is 0 Å². The summed E-state index contributed by atoms with van der Waals surface area (Å²) in [4.78, 5) is 0. The molecule has 0 saturated heterocycles. The summed E-state index contributed by atoms with van der Waals surface area (Å²) in [6.07, 6.45) is 8.73. The summed E-state index contributed by atoms with van der Waals surface area (Å²) >= 11 is 0. The molecule has 2 heteroatoms. The Morgan fingerprint density at radius 3 is 1.70 bits per heavy atom. The van der Waals surface area contributed by atoms with E-state index < -0.39 is 0 Å². The molecule has 1 aliphatic rings. The highest BCUT2D eigenvalue weighted by Gasteiger charge is 2.04. The van der Waals surface area contributed by atoms with E-state index in [1.807, 2.05) is 12.2 Å². The minimum absolute atomic E-state index is 0.242. The van der Waals surface area contributed by atoms with E-state index in [4.69, 9.17) is 11.5 Å². The summed E-state index contributed by atoms with van der Waals surface area (Å²) in [6.45, 7) is 0. The van der Waals surface area contributed by atoms with Crippen LogP contribution in [0, 0.1) is 0 Å². The Balaban J connectivity index is 2.42.